The quantitative estimate of drug-likeness (QED) is 0.0834. The van der Waals surface area contributed by atoms with Crippen LogP contribution in [0.2, 0.25) is 0 Å². The average Bonchev–Trinajstić information content (AvgIpc) is 3.03. The van der Waals surface area contributed by atoms with Crippen molar-refractivity contribution in [2.24, 2.45) is 22.4 Å². The van der Waals surface area contributed by atoms with Gasteiger partial charge in [0.1, 0.15) is 11.4 Å². The van der Waals surface area contributed by atoms with Gasteiger partial charge in [-0.3, -0.25) is 20.3 Å². The lowest BCUT2D eigenvalue weighted by Gasteiger charge is -2.42. The van der Waals surface area contributed by atoms with E-state index in [0.29, 0.717) is 28.8 Å². The summed E-state index contributed by atoms with van der Waals surface area (Å²) in [7, 11) is 0. The highest BCUT2D eigenvalue weighted by Gasteiger charge is 2.40. The van der Waals surface area contributed by atoms with Gasteiger partial charge in [0.25, 0.3) is 0 Å². The molecule has 0 spiro atoms. The number of anilines is 2. The van der Waals surface area contributed by atoms with Gasteiger partial charge in [0.2, 0.25) is 5.91 Å². The average molecular weight is 634 g/mol. The van der Waals surface area contributed by atoms with E-state index in [1.807, 2.05) is 42.5 Å². The fourth-order valence-corrected chi connectivity index (χ4v) is 5.76. The molecule has 0 saturated heterocycles. The van der Waals surface area contributed by atoms with Gasteiger partial charge in [-0.25, -0.2) is 4.79 Å². The number of carbonyl (C=O) groups is 3. The largest absolute Gasteiger partial charge is 0.444 e. The molecule has 0 radical (unpaired) electrons. The molecule has 0 bridgehead atoms. The molecule has 2 atom stereocenters. The highest BCUT2D eigenvalue weighted by molar-refractivity contribution is 6.05. The molecule has 12 nitrogen and oxygen atoms in total. The van der Waals surface area contributed by atoms with E-state index in [-0.39, 0.29) is 22.5 Å². The number of carbonyl (C=O) groups excluding carboxylic acids is 3. The number of benzene rings is 4. The minimum atomic E-state index is -1.09. The fourth-order valence-electron chi connectivity index (χ4n) is 5.76. The molecule has 1 heterocycles. The van der Waals surface area contributed by atoms with Gasteiger partial charge in [-0.05, 0) is 98.0 Å². The predicted molar refractivity (Wildman–Crippen MR) is 180 cm³/mol. The molecule has 1 aliphatic rings. The number of fused-ring (bicyclic) bond motifs is 1. The topological polar surface area (TPSA) is 216 Å². The van der Waals surface area contributed by atoms with Crippen molar-refractivity contribution >= 4 is 35.1 Å². The van der Waals surface area contributed by atoms with E-state index in [1.165, 1.54) is 18.2 Å². The van der Waals surface area contributed by atoms with Crippen molar-refractivity contribution in [2.75, 3.05) is 10.6 Å². The highest BCUT2D eigenvalue weighted by atomic mass is 16.6. The summed E-state index contributed by atoms with van der Waals surface area (Å²) in [5.41, 5.74) is 21.2. The van der Waals surface area contributed by atoms with Gasteiger partial charge < -0.3 is 27.3 Å². The number of primary amides is 1. The van der Waals surface area contributed by atoms with Crippen LogP contribution in [0.5, 0.6) is 0 Å². The van der Waals surface area contributed by atoms with Gasteiger partial charge in [0.15, 0.2) is 0 Å². The molecule has 3 amide bonds. The van der Waals surface area contributed by atoms with E-state index in [4.69, 9.17) is 27.3 Å². The summed E-state index contributed by atoms with van der Waals surface area (Å²) in [4.78, 5) is 48.8. The summed E-state index contributed by atoms with van der Waals surface area (Å²) in [6.45, 7) is 5.22. The van der Waals surface area contributed by atoms with E-state index >= 15 is 0 Å². The second-order valence-electron chi connectivity index (χ2n) is 12.4. The molecule has 5 rings (SSSR count). The molecule has 47 heavy (non-hydrogen) atoms. The normalized spacial score (nSPS) is 17.1. The fraction of sp³-hybridized carbons (Fsp3) is 0.200. The molecule has 0 saturated carbocycles. The van der Waals surface area contributed by atoms with Crippen LogP contribution in [0.1, 0.15) is 76.2 Å². The van der Waals surface area contributed by atoms with Gasteiger partial charge in [0, 0.05) is 33.2 Å². The maximum Gasteiger partial charge on any atom is 0.412 e. The van der Waals surface area contributed by atoms with Crippen LogP contribution in [0.4, 0.5) is 16.2 Å². The zero-order valence-electron chi connectivity index (χ0n) is 26.1. The number of nitrogens with one attached hydrogen (secondary N) is 3. The van der Waals surface area contributed by atoms with E-state index in [1.54, 1.807) is 45.0 Å². The van der Waals surface area contributed by atoms with Gasteiger partial charge >= 0.3 is 12.0 Å². The van der Waals surface area contributed by atoms with Crippen LogP contribution >= 0.6 is 0 Å². The van der Waals surface area contributed by atoms with Crippen LogP contribution in [-0.2, 0) is 10.3 Å². The van der Waals surface area contributed by atoms with Crippen LogP contribution in [-0.4, -0.2) is 29.3 Å². The monoisotopic (exact) mass is 633 g/mol. The Kier molecular flexibility index (Phi) is 8.64. The first-order valence-corrected chi connectivity index (χ1v) is 14.8. The number of hydrogen-bond donors (Lipinski definition) is 6. The molecule has 4 aromatic carbocycles. The van der Waals surface area contributed by atoms with Crippen molar-refractivity contribution in [1.82, 2.24) is 0 Å². The van der Waals surface area contributed by atoms with Gasteiger partial charge in [-0.1, -0.05) is 36.4 Å². The lowest BCUT2D eigenvalue weighted by atomic mass is 9.73. The summed E-state index contributed by atoms with van der Waals surface area (Å²) >= 11 is 0. The Labute approximate surface area is 271 Å². The summed E-state index contributed by atoms with van der Waals surface area (Å²) in [6.07, 6.45) is -0.366. The molecular weight excluding hydrogens is 598 g/mol. The van der Waals surface area contributed by atoms with E-state index < -0.39 is 35.1 Å². The number of nitrogens with two attached hydrogens (primary N) is 3. The number of amides is 3. The zero-order valence-corrected chi connectivity index (χ0v) is 26.1. The van der Waals surface area contributed by atoms with Gasteiger partial charge in [-0.15, -0.1) is 4.91 Å². The smallest absolute Gasteiger partial charge is 0.412 e. The van der Waals surface area contributed by atoms with Crippen LogP contribution < -0.4 is 27.8 Å². The number of rotatable bonds is 7. The van der Waals surface area contributed by atoms with E-state index in [9.17, 15) is 19.3 Å². The minimum absolute atomic E-state index is 0.0234. The van der Waals surface area contributed by atoms with Crippen molar-refractivity contribution < 1.29 is 19.1 Å². The van der Waals surface area contributed by atoms with Crippen molar-refractivity contribution in [3.05, 3.63) is 123 Å². The van der Waals surface area contributed by atoms with Crippen LogP contribution in [0.3, 0.4) is 0 Å². The standard InChI is InChI=1S/C35H35N7O5/c1-34(2,3)47-33(45)40-24-14-21(25-11-9-20(31(38)43)16-26(25)32(44)42-46)13-22(15-24)29-18-35(39,23-7-5-4-6-8-23)27-17-19(30(36)37)10-12-28(27)41-29/h4-17,29,41H,18,39H2,1-3H3,(H3,36,37)(H2,38,43)(H,40,45)/t29-,35-/m0/s1. The zero-order chi connectivity index (χ0) is 34.1. The van der Waals surface area contributed by atoms with Crippen molar-refractivity contribution in [3.63, 3.8) is 0 Å². The third-order valence-electron chi connectivity index (χ3n) is 7.89. The van der Waals surface area contributed by atoms with E-state index in [2.05, 4.69) is 15.8 Å². The van der Waals surface area contributed by atoms with Crippen molar-refractivity contribution in [2.45, 2.75) is 44.4 Å². The van der Waals surface area contributed by atoms with Crippen LogP contribution in [0.15, 0.2) is 90.1 Å². The van der Waals surface area contributed by atoms with Crippen molar-refractivity contribution in [3.8, 4) is 11.1 Å². The Balaban J connectivity index is 1.69. The number of nitrogen functional groups attached to an aromatic ring is 1. The molecule has 9 N–H and O–H groups in total. The highest BCUT2D eigenvalue weighted by Crippen LogP contribution is 2.46. The number of amidine groups is 1. The Morgan fingerprint density at radius 3 is 2.30 bits per heavy atom. The van der Waals surface area contributed by atoms with Gasteiger partial charge in [0.05, 0.1) is 17.1 Å². The Hall–Kier alpha value is -5.88. The number of nitroso groups, excluding NO2 is 1. The molecule has 240 valence electrons. The molecule has 4 aromatic rings. The molecule has 1 aliphatic heterocycles. The van der Waals surface area contributed by atoms with Crippen molar-refractivity contribution in [1.29, 1.82) is 5.41 Å². The molecule has 0 aliphatic carbocycles. The minimum Gasteiger partial charge on any atom is -0.444 e. The first-order valence-electron chi connectivity index (χ1n) is 14.8. The van der Waals surface area contributed by atoms with Crippen LogP contribution in [0.25, 0.3) is 11.1 Å². The number of hydrogen-bond acceptors (Lipinski definition) is 8. The summed E-state index contributed by atoms with van der Waals surface area (Å²) in [5, 5.41) is 16.9. The number of nitrogens with zero attached hydrogens (tertiary/aromatic N) is 1. The molecule has 0 fully saturated rings. The lowest BCUT2D eigenvalue weighted by Crippen LogP contribution is -2.44. The maximum atomic E-state index is 12.9. The van der Waals surface area contributed by atoms with Crippen LogP contribution in [0, 0.1) is 10.3 Å². The predicted octanol–water partition coefficient (Wildman–Crippen LogP) is 5.75. The summed E-state index contributed by atoms with van der Waals surface area (Å²) in [6, 6.07) is 23.8. The van der Waals surface area contributed by atoms with E-state index in [0.717, 1.165) is 16.8 Å². The molecular formula is C35H35N7O5. The summed E-state index contributed by atoms with van der Waals surface area (Å²) < 4.78 is 5.49. The molecule has 0 unspecified atom stereocenters. The van der Waals surface area contributed by atoms with Gasteiger partial charge in [-0.2, -0.15) is 0 Å². The lowest BCUT2D eigenvalue weighted by molar-refractivity contribution is 0.0635. The third-order valence-corrected chi connectivity index (χ3v) is 7.89. The second-order valence-corrected chi connectivity index (χ2v) is 12.4. The third kappa shape index (κ3) is 6.87. The first-order chi connectivity index (χ1) is 22.2. The first kappa shape index (κ1) is 32.5. The Morgan fingerprint density at radius 1 is 0.957 bits per heavy atom. The maximum absolute atomic E-state index is 12.9. The number of ether oxygens (including phenoxy) is 1. The molecule has 12 heteroatoms. The summed E-state index contributed by atoms with van der Waals surface area (Å²) in [5.74, 6) is -1.96. The SMILES string of the molecule is CC(C)(C)OC(=O)Nc1cc(-c2ccc(C(N)=O)cc2C(=O)N=O)cc([C@@H]2C[C@](N)(c3ccccc3)c3cc(C(=N)N)ccc3N2)c1. The Morgan fingerprint density at radius 2 is 1.66 bits per heavy atom. The Bertz CT molecular complexity index is 1920. The second kappa shape index (κ2) is 12.5. The molecule has 0 aromatic heterocycles.